The van der Waals surface area contributed by atoms with E-state index in [0.29, 0.717) is 29.1 Å². The van der Waals surface area contributed by atoms with E-state index < -0.39 is 17.6 Å². The minimum Gasteiger partial charge on any atom is -0.441 e. The number of nitrogens with zero attached hydrogens (tertiary/aromatic N) is 6. The molecule has 3 aromatic heterocycles. The lowest BCUT2D eigenvalue weighted by Crippen LogP contribution is -2.32. The number of hydrogen-bond donors (Lipinski definition) is 2. The van der Waals surface area contributed by atoms with Crippen LogP contribution in [0.1, 0.15) is 44.3 Å². The molecule has 0 aromatic carbocycles. The Morgan fingerprint density at radius 1 is 1.25 bits per heavy atom. The smallest absolute Gasteiger partial charge is 0.413 e. The molecule has 0 saturated heterocycles. The third kappa shape index (κ3) is 3.93. The van der Waals surface area contributed by atoms with Gasteiger partial charge in [0.2, 0.25) is 5.91 Å². The Bertz CT molecular complexity index is 1380. The number of nitrogens with one attached hydrogen (secondary N) is 2. The predicted molar refractivity (Wildman–Crippen MR) is 130 cm³/mol. The van der Waals surface area contributed by atoms with Crippen LogP contribution in [0.15, 0.2) is 36.7 Å². The highest BCUT2D eigenvalue weighted by Gasteiger charge is 2.74. The lowest BCUT2D eigenvalue weighted by Gasteiger charge is -2.28. The van der Waals surface area contributed by atoms with Gasteiger partial charge in [0.15, 0.2) is 11.5 Å². The summed E-state index contributed by atoms with van der Waals surface area (Å²) in [6.07, 6.45) is 5.18. The molecule has 1 spiro atoms. The van der Waals surface area contributed by atoms with Gasteiger partial charge in [-0.1, -0.05) is 29.3 Å². The van der Waals surface area contributed by atoms with E-state index in [1.165, 1.54) is 10.9 Å². The van der Waals surface area contributed by atoms with Crippen molar-refractivity contribution in [3.05, 3.63) is 47.4 Å². The van der Waals surface area contributed by atoms with Crippen LogP contribution in [0.5, 0.6) is 0 Å². The number of hydrogen-bond acceptors (Lipinski definition) is 8. The number of pyridine rings is 2. The van der Waals surface area contributed by atoms with Crippen LogP contribution >= 0.6 is 11.6 Å². The Balaban J connectivity index is 1.26. The van der Waals surface area contributed by atoms with Crippen molar-refractivity contribution in [1.82, 2.24) is 25.0 Å². The van der Waals surface area contributed by atoms with Crippen LogP contribution in [-0.4, -0.2) is 37.0 Å². The van der Waals surface area contributed by atoms with Gasteiger partial charge in [-0.25, -0.2) is 14.5 Å². The molecule has 0 radical (unpaired) electrons. The molecule has 2 N–H and O–H groups in total. The Hall–Kier alpha value is -4.04. The molecule has 2 aliphatic rings. The molecule has 0 aliphatic heterocycles. The summed E-state index contributed by atoms with van der Waals surface area (Å²) < 4.78 is 6.83. The predicted octanol–water partition coefficient (Wildman–Crippen LogP) is 4.26. The molecule has 5 rings (SSSR count). The van der Waals surface area contributed by atoms with Crippen molar-refractivity contribution in [1.29, 1.82) is 5.26 Å². The largest absolute Gasteiger partial charge is 0.441 e. The molecule has 0 bridgehead atoms. The van der Waals surface area contributed by atoms with Crippen LogP contribution in [0, 0.1) is 22.2 Å². The van der Waals surface area contributed by atoms with E-state index in [0.717, 1.165) is 19.3 Å². The second-order valence-electron chi connectivity index (χ2n) is 9.18. The fourth-order valence-electron chi connectivity index (χ4n) is 4.77. The third-order valence-corrected chi connectivity index (χ3v) is 7.41. The van der Waals surface area contributed by atoms with Gasteiger partial charge in [0.1, 0.15) is 16.7 Å². The summed E-state index contributed by atoms with van der Waals surface area (Å²) >= 11 is 6.08. The summed E-state index contributed by atoms with van der Waals surface area (Å²) in [4.78, 5) is 33.7. The number of aromatic nitrogens is 5. The second kappa shape index (κ2) is 8.87. The number of aryl methyl sites for hydroxylation is 1. The van der Waals surface area contributed by atoms with Crippen molar-refractivity contribution in [3.8, 4) is 17.5 Å². The molecule has 184 valence electrons. The van der Waals surface area contributed by atoms with Gasteiger partial charge in [-0.15, -0.1) is 5.10 Å². The summed E-state index contributed by atoms with van der Waals surface area (Å²) in [5, 5.41) is 23.4. The van der Waals surface area contributed by atoms with Crippen LogP contribution in [0.2, 0.25) is 5.15 Å². The average Bonchev–Trinajstić information content (AvgIpc) is 3.45. The summed E-state index contributed by atoms with van der Waals surface area (Å²) in [7, 11) is 1.62. The molecule has 1 unspecified atom stereocenters. The lowest BCUT2D eigenvalue weighted by molar-refractivity contribution is -0.121. The maximum absolute atomic E-state index is 12.8. The molecule has 2 saturated carbocycles. The van der Waals surface area contributed by atoms with Crippen molar-refractivity contribution < 1.29 is 14.3 Å². The number of ether oxygens (including phenoxy) is 1. The van der Waals surface area contributed by atoms with Crippen molar-refractivity contribution in [2.45, 2.75) is 38.7 Å². The first-order valence-corrected chi connectivity index (χ1v) is 11.8. The van der Waals surface area contributed by atoms with Gasteiger partial charge in [-0.3, -0.25) is 15.1 Å². The van der Waals surface area contributed by atoms with Gasteiger partial charge >= 0.3 is 6.09 Å². The zero-order valence-corrected chi connectivity index (χ0v) is 20.4. The SMILES string of the molecule is C[C@@H](OC(=O)Nc1c(-c2ccc(NC(=O)C3(C#N)CC34CCC4)cn2)nnn1C)c1cccnc1Cl. The van der Waals surface area contributed by atoms with E-state index in [9.17, 15) is 14.9 Å². The highest BCUT2D eigenvalue weighted by molar-refractivity contribution is 6.30. The minimum atomic E-state index is -0.941. The van der Waals surface area contributed by atoms with E-state index >= 15 is 0 Å². The molecule has 2 amide bonds. The standard InChI is InChI=1S/C24H23ClN8O3/c1-14(16-5-3-10-27-19(16)25)36-22(35)30-20-18(31-32-33(20)2)17-7-6-15(11-28-17)29-21(34)24(13-26)12-23(24)8-4-9-23/h3,5-7,10-11,14H,4,8-9,12H2,1-2H3,(H,29,34)(H,30,35)/t14-,24?/m1/s1. The highest BCUT2D eigenvalue weighted by atomic mass is 35.5. The second-order valence-corrected chi connectivity index (χ2v) is 9.54. The van der Waals surface area contributed by atoms with Gasteiger partial charge < -0.3 is 10.1 Å². The minimum absolute atomic E-state index is 0.145. The number of carbonyl (C=O) groups is 2. The average molecular weight is 507 g/mol. The first-order chi connectivity index (χ1) is 17.3. The Labute approximate surface area is 211 Å². The van der Waals surface area contributed by atoms with E-state index in [1.54, 1.807) is 44.4 Å². The molecule has 36 heavy (non-hydrogen) atoms. The van der Waals surface area contributed by atoms with Crippen LogP contribution < -0.4 is 10.6 Å². The van der Waals surface area contributed by atoms with Gasteiger partial charge in [0, 0.05) is 24.2 Å². The Morgan fingerprint density at radius 3 is 2.67 bits per heavy atom. The first-order valence-electron chi connectivity index (χ1n) is 11.5. The molecule has 2 atom stereocenters. The monoisotopic (exact) mass is 506 g/mol. The molecular weight excluding hydrogens is 484 g/mol. The Kier molecular flexibility index (Phi) is 5.84. The molecule has 11 nitrogen and oxygen atoms in total. The number of amides is 2. The topological polar surface area (TPSA) is 148 Å². The fourth-order valence-corrected chi connectivity index (χ4v) is 5.04. The highest BCUT2D eigenvalue weighted by Crippen LogP contribution is 2.73. The van der Waals surface area contributed by atoms with Gasteiger partial charge in [-0.05, 0) is 44.4 Å². The maximum Gasteiger partial charge on any atom is 0.413 e. The summed E-state index contributed by atoms with van der Waals surface area (Å²) in [5.41, 5.74) is 0.710. The lowest BCUT2D eigenvalue weighted by atomic mass is 9.75. The van der Waals surface area contributed by atoms with Crippen molar-refractivity contribution >= 4 is 35.1 Å². The van der Waals surface area contributed by atoms with Crippen LogP contribution in [0.3, 0.4) is 0 Å². The molecule has 12 heteroatoms. The summed E-state index contributed by atoms with van der Waals surface area (Å²) in [6.45, 7) is 1.68. The first kappa shape index (κ1) is 23.7. The number of carbonyl (C=O) groups excluding carboxylic acids is 2. The van der Waals surface area contributed by atoms with Gasteiger partial charge in [-0.2, -0.15) is 5.26 Å². The van der Waals surface area contributed by atoms with Crippen LogP contribution in [-0.2, 0) is 16.6 Å². The van der Waals surface area contributed by atoms with Crippen molar-refractivity contribution in [2.75, 3.05) is 10.6 Å². The van der Waals surface area contributed by atoms with E-state index in [4.69, 9.17) is 16.3 Å². The van der Waals surface area contributed by atoms with Crippen LogP contribution in [0.4, 0.5) is 16.3 Å². The number of nitriles is 1. The molecular formula is C24H23ClN8O3. The van der Waals surface area contributed by atoms with E-state index in [1.807, 2.05) is 0 Å². The van der Waals surface area contributed by atoms with Gasteiger partial charge in [0.25, 0.3) is 0 Å². The molecule has 3 aromatic rings. The maximum atomic E-state index is 12.8. The van der Waals surface area contributed by atoms with Crippen LogP contribution in [0.25, 0.3) is 11.4 Å². The Morgan fingerprint density at radius 2 is 2.06 bits per heavy atom. The van der Waals surface area contributed by atoms with Crippen molar-refractivity contribution in [2.24, 2.45) is 17.9 Å². The van der Waals surface area contributed by atoms with Crippen molar-refractivity contribution in [3.63, 3.8) is 0 Å². The zero-order chi connectivity index (χ0) is 25.5. The van der Waals surface area contributed by atoms with E-state index in [2.05, 4.69) is 37.0 Å². The molecule has 2 fully saturated rings. The fraction of sp³-hybridized carbons (Fsp3) is 0.375. The molecule has 2 aliphatic carbocycles. The van der Waals surface area contributed by atoms with Gasteiger partial charge in [0.05, 0.1) is 23.6 Å². The van der Waals surface area contributed by atoms with E-state index in [-0.39, 0.29) is 22.3 Å². The number of rotatable bonds is 6. The summed E-state index contributed by atoms with van der Waals surface area (Å²) in [6, 6.07) is 8.99. The quantitative estimate of drug-likeness (QED) is 0.471. The molecule has 3 heterocycles. The third-order valence-electron chi connectivity index (χ3n) is 7.09. The zero-order valence-electron chi connectivity index (χ0n) is 19.7. The number of halogens is 1. The normalized spacial score (nSPS) is 20.1. The summed E-state index contributed by atoms with van der Waals surface area (Å²) in [5.74, 6) is -0.00574. The number of anilines is 2.